The molecule has 1 aromatic heterocycles. The van der Waals surface area contributed by atoms with E-state index < -0.39 is 12.0 Å². The van der Waals surface area contributed by atoms with Crippen molar-refractivity contribution in [2.24, 2.45) is 5.41 Å². The normalized spacial score (nSPS) is 12.6. The van der Waals surface area contributed by atoms with Crippen LogP contribution < -0.4 is 5.32 Å². The lowest BCUT2D eigenvalue weighted by Crippen LogP contribution is -2.42. The van der Waals surface area contributed by atoms with Crippen LogP contribution in [0.1, 0.15) is 39.2 Å². The number of carboxylic acids is 1. The molecule has 1 aromatic carbocycles. The quantitative estimate of drug-likeness (QED) is 0.810. The van der Waals surface area contributed by atoms with Gasteiger partial charge in [0.15, 0.2) is 0 Å². The molecule has 0 aliphatic carbocycles. The number of carbonyl (C=O) groups is 2. The maximum absolute atomic E-state index is 12.2. The van der Waals surface area contributed by atoms with Gasteiger partial charge in [0.1, 0.15) is 6.04 Å². The van der Waals surface area contributed by atoms with E-state index in [4.69, 9.17) is 0 Å². The number of amides is 1. The number of rotatable bonds is 7. The summed E-state index contributed by atoms with van der Waals surface area (Å²) >= 11 is 0. The Labute approximate surface area is 147 Å². The molecule has 0 saturated heterocycles. The molecule has 0 saturated carbocycles. The Bertz CT molecular complexity index is 717. The molecule has 1 amide bonds. The smallest absolute Gasteiger partial charge is 0.326 e. The largest absolute Gasteiger partial charge is 0.480 e. The lowest BCUT2D eigenvalue weighted by atomic mass is 9.88. The molecule has 1 unspecified atom stereocenters. The highest BCUT2D eigenvalue weighted by atomic mass is 16.4. The standard InChI is InChI=1S/C19H25N3O3/c1-19(2,3)10-9-16(18(24)25)21-17(23)11-14-12-20-22(13-14)15-7-5-4-6-8-15/h4-8,12-13,16H,9-11H2,1-3H3,(H,21,23)(H,24,25). The summed E-state index contributed by atoms with van der Waals surface area (Å²) in [4.78, 5) is 23.5. The van der Waals surface area contributed by atoms with Gasteiger partial charge in [-0.25, -0.2) is 9.48 Å². The van der Waals surface area contributed by atoms with Gasteiger partial charge in [-0.1, -0.05) is 39.0 Å². The van der Waals surface area contributed by atoms with Gasteiger partial charge in [-0.05, 0) is 36.0 Å². The van der Waals surface area contributed by atoms with E-state index in [1.165, 1.54) is 0 Å². The Balaban J connectivity index is 1.94. The van der Waals surface area contributed by atoms with Crippen LogP contribution in [0.4, 0.5) is 0 Å². The van der Waals surface area contributed by atoms with E-state index >= 15 is 0 Å². The van der Waals surface area contributed by atoms with Gasteiger partial charge < -0.3 is 10.4 Å². The predicted molar refractivity (Wildman–Crippen MR) is 95.5 cm³/mol. The first-order chi connectivity index (χ1) is 11.7. The van der Waals surface area contributed by atoms with Crippen molar-refractivity contribution in [1.29, 1.82) is 0 Å². The number of carboxylic acid groups (broad SMARTS) is 1. The first-order valence-corrected chi connectivity index (χ1v) is 8.36. The van der Waals surface area contributed by atoms with E-state index in [1.807, 2.05) is 51.1 Å². The van der Waals surface area contributed by atoms with Crippen LogP contribution >= 0.6 is 0 Å². The van der Waals surface area contributed by atoms with Gasteiger partial charge in [0.05, 0.1) is 18.3 Å². The van der Waals surface area contributed by atoms with Gasteiger partial charge in [-0.15, -0.1) is 0 Å². The van der Waals surface area contributed by atoms with Gasteiger partial charge >= 0.3 is 5.97 Å². The van der Waals surface area contributed by atoms with Crippen LogP contribution in [0, 0.1) is 5.41 Å². The van der Waals surface area contributed by atoms with Gasteiger partial charge in [-0.3, -0.25) is 4.79 Å². The second kappa shape index (κ2) is 7.96. The average molecular weight is 343 g/mol. The topological polar surface area (TPSA) is 84.2 Å². The van der Waals surface area contributed by atoms with Gasteiger partial charge in [0.25, 0.3) is 0 Å². The summed E-state index contributed by atoms with van der Waals surface area (Å²) < 4.78 is 1.69. The third kappa shape index (κ3) is 6.06. The molecule has 1 heterocycles. The van der Waals surface area contributed by atoms with Crippen LogP contribution in [0.5, 0.6) is 0 Å². The van der Waals surface area contributed by atoms with E-state index in [-0.39, 0.29) is 17.7 Å². The van der Waals surface area contributed by atoms with Crippen molar-refractivity contribution in [3.05, 3.63) is 48.3 Å². The van der Waals surface area contributed by atoms with E-state index in [9.17, 15) is 14.7 Å². The van der Waals surface area contributed by atoms with E-state index in [0.717, 1.165) is 17.7 Å². The van der Waals surface area contributed by atoms with Crippen LogP contribution in [0.3, 0.4) is 0 Å². The molecular formula is C19H25N3O3. The molecule has 0 bridgehead atoms. The summed E-state index contributed by atoms with van der Waals surface area (Å²) in [7, 11) is 0. The number of para-hydroxylation sites is 1. The molecule has 6 heteroatoms. The Hall–Kier alpha value is -2.63. The summed E-state index contributed by atoms with van der Waals surface area (Å²) in [5, 5.41) is 16.2. The molecule has 0 spiro atoms. The fourth-order valence-corrected chi connectivity index (χ4v) is 2.44. The van der Waals surface area contributed by atoms with Crippen molar-refractivity contribution >= 4 is 11.9 Å². The highest BCUT2D eigenvalue weighted by Crippen LogP contribution is 2.21. The monoisotopic (exact) mass is 343 g/mol. The van der Waals surface area contributed by atoms with E-state index in [1.54, 1.807) is 17.1 Å². The zero-order valence-electron chi connectivity index (χ0n) is 14.9. The lowest BCUT2D eigenvalue weighted by molar-refractivity contribution is -0.142. The molecule has 2 N–H and O–H groups in total. The zero-order valence-corrected chi connectivity index (χ0v) is 14.9. The highest BCUT2D eigenvalue weighted by Gasteiger charge is 2.23. The van der Waals surface area contributed by atoms with Crippen LogP contribution in [-0.4, -0.2) is 32.8 Å². The van der Waals surface area contributed by atoms with Crippen LogP contribution in [0.25, 0.3) is 5.69 Å². The molecule has 25 heavy (non-hydrogen) atoms. The van der Waals surface area contributed by atoms with Crippen LogP contribution in [-0.2, 0) is 16.0 Å². The number of carbonyl (C=O) groups excluding carboxylic acids is 1. The minimum Gasteiger partial charge on any atom is -0.480 e. The number of benzene rings is 1. The second-order valence-electron chi connectivity index (χ2n) is 7.36. The fourth-order valence-electron chi connectivity index (χ4n) is 2.44. The predicted octanol–water partition coefficient (Wildman–Crippen LogP) is 2.81. The molecular weight excluding hydrogens is 318 g/mol. The number of hydrogen-bond acceptors (Lipinski definition) is 3. The second-order valence-corrected chi connectivity index (χ2v) is 7.36. The number of nitrogens with one attached hydrogen (secondary N) is 1. The summed E-state index contributed by atoms with van der Waals surface area (Å²) in [6.45, 7) is 6.14. The highest BCUT2D eigenvalue weighted by molar-refractivity contribution is 5.84. The number of nitrogens with zero attached hydrogens (tertiary/aromatic N) is 2. The SMILES string of the molecule is CC(C)(C)CCC(NC(=O)Cc1cnn(-c2ccccc2)c1)C(=O)O. The molecule has 134 valence electrons. The number of aromatic nitrogens is 2. The summed E-state index contributed by atoms with van der Waals surface area (Å²) in [6.07, 6.45) is 4.63. The van der Waals surface area contributed by atoms with Crippen LogP contribution in [0.2, 0.25) is 0 Å². The molecule has 0 aliphatic heterocycles. The summed E-state index contributed by atoms with van der Waals surface area (Å²) in [5.41, 5.74) is 1.67. The third-order valence-electron chi connectivity index (χ3n) is 3.84. The fraction of sp³-hybridized carbons (Fsp3) is 0.421. The molecule has 6 nitrogen and oxygen atoms in total. The van der Waals surface area contributed by atoms with Crippen molar-refractivity contribution in [1.82, 2.24) is 15.1 Å². The minimum atomic E-state index is -1.00. The Morgan fingerprint density at radius 2 is 1.92 bits per heavy atom. The van der Waals surface area contributed by atoms with Gasteiger partial charge in [0.2, 0.25) is 5.91 Å². The Morgan fingerprint density at radius 3 is 2.52 bits per heavy atom. The van der Waals surface area contributed by atoms with Crippen LogP contribution in [0.15, 0.2) is 42.7 Å². The van der Waals surface area contributed by atoms with Crippen molar-refractivity contribution < 1.29 is 14.7 Å². The average Bonchev–Trinajstić information content (AvgIpc) is 2.99. The zero-order chi connectivity index (χ0) is 18.4. The van der Waals surface area contributed by atoms with Crippen molar-refractivity contribution in [3.63, 3.8) is 0 Å². The molecule has 0 aliphatic rings. The molecule has 2 rings (SSSR count). The van der Waals surface area contributed by atoms with Crippen molar-refractivity contribution in [2.75, 3.05) is 0 Å². The first kappa shape index (κ1) is 18.7. The van der Waals surface area contributed by atoms with Crippen molar-refractivity contribution in [3.8, 4) is 5.69 Å². The molecule has 0 fully saturated rings. The van der Waals surface area contributed by atoms with Gasteiger partial charge in [0, 0.05) is 6.20 Å². The molecule has 1 atom stereocenters. The Morgan fingerprint density at radius 1 is 1.24 bits per heavy atom. The maximum atomic E-state index is 12.2. The number of aliphatic carboxylic acids is 1. The summed E-state index contributed by atoms with van der Waals surface area (Å²) in [6, 6.07) is 8.72. The maximum Gasteiger partial charge on any atom is 0.326 e. The van der Waals surface area contributed by atoms with E-state index in [2.05, 4.69) is 10.4 Å². The molecule has 2 aromatic rings. The Kier molecular flexibility index (Phi) is 5.96. The van der Waals surface area contributed by atoms with Gasteiger partial charge in [-0.2, -0.15) is 5.10 Å². The minimum absolute atomic E-state index is 0.0231. The summed E-state index contributed by atoms with van der Waals surface area (Å²) in [5.74, 6) is -1.31. The first-order valence-electron chi connectivity index (χ1n) is 8.36. The van der Waals surface area contributed by atoms with Crippen molar-refractivity contribution in [2.45, 2.75) is 46.1 Å². The molecule has 0 radical (unpaired) electrons. The number of hydrogen-bond donors (Lipinski definition) is 2. The third-order valence-corrected chi connectivity index (χ3v) is 3.84. The lowest BCUT2D eigenvalue weighted by Gasteiger charge is -2.21. The van der Waals surface area contributed by atoms with E-state index in [0.29, 0.717) is 6.42 Å².